The Hall–Kier alpha value is -3.84. The highest BCUT2D eigenvalue weighted by Crippen LogP contribution is 2.40. The molecular formula is C30H28BrNO5. The second kappa shape index (κ2) is 11.9. The number of benzene rings is 3. The molecule has 190 valence electrons. The fourth-order valence-electron chi connectivity index (χ4n) is 4.28. The highest BCUT2D eigenvalue weighted by atomic mass is 79.9. The molecule has 1 aliphatic heterocycles. The molecule has 6 nitrogen and oxygen atoms in total. The van der Waals surface area contributed by atoms with E-state index in [0.717, 1.165) is 15.6 Å². The Bertz CT molecular complexity index is 1310. The van der Waals surface area contributed by atoms with Crippen molar-refractivity contribution in [1.82, 2.24) is 0 Å². The predicted octanol–water partition coefficient (Wildman–Crippen LogP) is 6.53. The van der Waals surface area contributed by atoms with Crippen LogP contribution in [0.3, 0.4) is 0 Å². The lowest BCUT2D eigenvalue weighted by Crippen LogP contribution is -2.34. The van der Waals surface area contributed by atoms with E-state index in [4.69, 9.17) is 14.2 Å². The molecule has 0 fully saturated rings. The smallest absolute Gasteiger partial charge is 0.355 e. The number of rotatable bonds is 8. The van der Waals surface area contributed by atoms with Crippen LogP contribution in [0.4, 0.5) is 5.69 Å². The number of methoxy groups -OCH3 is 1. The molecule has 0 spiro atoms. The minimum Gasteiger partial charge on any atom is -0.497 e. The zero-order valence-electron chi connectivity index (χ0n) is 20.9. The van der Waals surface area contributed by atoms with Crippen LogP contribution in [0.1, 0.15) is 30.9 Å². The molecule has 7 heteroatoms. The third-order valence-corrected chi connectivity index (χ3v) is 6.61. The van der Waals surface area contributed by atoms with E-state index in [-0.39, 0.29) is 13.2 Å². The van der Waals surface area contributed by atoms with Crippen LogP contribution >= 0.6 is 15.9 Å². The maximum absolute atomic E-state index is 13.6. The van der Waals surface area contributed by atoms with Gasteiger partial charge in [-0.3, -0.25) is 0 Å². The van der Waals surface area contributed by atoms with Crippen LogP contribution in [0, 0.1) is 0 Å². The molecule has 0 saturated carbocycles. The fourth-order valence-corrected chi connectivity index (χ4v) is 4.54. The molecule has 37 heavy (non-hydrogen) atoms. The van der Waals surface area contributed by atoms with Crippen molar-refractivity contribution in [2.75, 3.05) is 18.6 Å². The lowest BCUT2D eigenvalue weighted by Gasteiger charge is -2.35. The normalized spacial score (nSPS) is 15.2. The number of hydrogen-bond donors (Lipinski definition) is 0. The molecule has 0 aliphatic carbocycles. The van der Waals surface area contributed by atoms with Crippen molar-refractivity contribution in [3.63, 3.8) is 0 Å². The van der Waals surface area contributed by atoms with Gasteiger partial charge in [-0.25, -0.2) is 9.59 Å². The van der Waals surface area contributed by atoms with Crippen LogP contribution in [0.15, 0.2) is 106 Å². The summed E-state index contributed by atoms with van der Waals surface area (Å²) >= 11 is 3.47. The minimum atomic E-state index is -0.499. The molecule has 3 aromatic carbocycles. The highest BCUT2D eigenvalue weighted by Gasteiger charge is 2.36. The third kappa shape index (κ3) is 5.94. The minimum absolute atomic E-state index is 0.129. The first-order valence-corrected chi connectivity index (χ1v) is 12.7. The Balaban J connectivity index is 1.81. The van der Waals surface area contributed by atoms with Gasteiger partial charge in [-0.15, -0.1) is 0 Å². The van der Waals surface area contributed by atoms with Crippen LogP contribution in [-0.4, -0.2) is 25.7 Å². The average molecular weight is 562 g/mol. The van der Waals surface area contributed by atoms with E-state index >= 15 is 0 Å². The lowest BCUT2D eigenvalue weighted by molar-refractivity contribution is -0.141. The summed E-state index contributed by atoms with van der Waals surface area (Å²) in [7, 11) is 1.59. The van der Waals surface area contributed by atoms with Crippen LogP contribution < -0.4 is 9.64 Å². The van der Waals surface area contributed by atoms with Gasteiger partial charge < -0.3 is 19.1 Å². The highest BCUT2D eigenvalue weighted by molar-refractivity contribution is 9.10. The standard InChI is InChI=1S/C30H28BrNO5/c1-4-36-30(34)28-20(2)32(24-14-16-25(35-3)17-15-24)27(18-26(28)22-10-12-23(31)13-11-22)29(33)37-19-21-8-6-5-7-9-21/h5-18,26H,4,19H2,1-3H3. The van der Waals surface area contributed by atoms with E-state index in [0.29, 0.717) is 28.4 Å². The predicted molar refractivity (Wildman–Crippen MR) is 146 cm³/mol. The van der Waals surface area contributed by atoms with Crippen LogP contribution in [0.2, 0.25) is 0 Å². The zero-order valence-corrected chi connectivity index (χ0v) is 22.5. The second-order valence-corrected chi connectivity index (χ2v) is 9.31. The Morgan fingerprint density at radius 2 is 1.57 bits per heavy atom. The van der Waals surface area contributed by atoms with E-state index in [2.05, 4.69) is 15.9 Å². The van der Waals surface area contributed by atoms with Gasteiger partial charge in [0.15, 0.2) is 0 Å². The summed E-state index contributed by atoms with van der Waals surface area (Å²) in [5, 5.41) is 0. The van der Waals surface area contributed by atoms with Crippen molar-refractivity contribution < 1.29 is 23.8 Å². The van der Waals surface area contributed by atoms with Gasteiger partial charge in [0.25, 0.3) is 0 Å². The Morgan fingerprint density at radius 1 is 0.892 bits per heavy atom. The molecule has 0 N–H and O–H groups in total. The Labute approximate surface area is 225 Å². The van der Waals surface area contributed by atoms with Crippen molar-refractivity contribution in [1.29, 1.82) is 0 Å². The van der Waals surface area contributed by atoms with Crippen molar-refractivity contribution in [2.24, 2.45) is 0 Å². The van der Waals surface area contributed by atoms with Crippen molar-refractivity contribution in [3.8, 4) is 5.75 Å². The summed E-state index contributed by atoms with van der Waals surface area (Å²) in [6.45, 7) is 3.96. The van der Waals surface area contributed by atoms with Gasteiger partial charge >= 0.3 is 11.9 Å². The first-order valence-electron chi connectivity index (χ1n) is 11.9. The summed E-state index contributed by atoms with van der Waals surface area (Å²) in [5.41, 5.74) is 3.79. The molecule has 0 saturated heterocycles. The molecule has 1 heterocycles. The summed E-state index contributed by atoms with van der Waals surface area (Å²) in [4.78, 5) is 28.5. The van der Waals surface area contributed by atoms with Gasteiger partial charge in [-0.1, -0.05) is 58.4 Å². The van der Waals surface area contributed by atoms with E-state index in [9.17, 15) is 9.59 Å². The molecule has 0 bridgehead atoms. The molecule has 1 unspecified atom stereocenters. The first kappa shape index (κ1) is 26.2. The molecule has 0 aromatic heterocycles. The Morgan fingerprint density at radius 3 is 2.19 bits per heavy atom. The maximum atomic E-state index is 13.6. The summed E-state index contributed by atoms with van der Waals surface area (Å²) < 4.78 is 17.4. The molecule has 1 atom stereocenters. The molecule has 1 aliphatic rings. The molecule has 0 amide bonds. The van der Waals surface area contributed by atoms with Gasteiger partial charge in [-0.05, 0) is 67.4 Å². The summed E-state index contributed by atoms with van der Waals surface area (Å²) in [5.74, 6) is -0.748. The zero-order chi connectivity index (χ0) is 26.4. The molecule has 3 aromatic rings. The quantitative estimate of drug-likeness (QED) is 0.291. The van der Waals surface area contributed by atoms with Crippen LogP contribution in [0.25, 0.3) is 0 Å². The monoisotopic (exact) mass is 561 g/mol. The van der Waals surface area contributed by atoms with Crippen LogP contribution in [0.5, 0.6) is 5.75 Å². The molecule has 4 rings (SSSR count). The van der Waals surface area contributed by atoms with E-state index in [1.165, 1.54) is 0 Å². The fraction of sp³-hybridized carbons (Fsp3) is 0.200. The van der Waals surface area contributed by atoms with E-state index < -0.39 is 17.9 Å². The number of carbonyl (C=O) groups is 2. The van der Waals surface area contributed by atoms with E-state index in [1.54, 1.807) is 37.1 Å². The number of nitrogens with zero attached hydrogens (tertiary/aromatic N) is 1. The SMILES string of the molecule is CCOC(=O)C1=C(C)N(c2ccc(OC)cc2)C(C(=O)OCc2ccccc2)=CC1c1ccc(Br)cc1. The molecule has 0 radical (unpaired) electrons. The van der Waals surface area contributed by atoms with Gasteiger partial charge in [0.1, 0.15) is 18.1 Å². The number of anilines is 1. The first-order chi connectivity index (χ1) is 17.9. The Kier molecular flexibility index (Phi) is 8.46. The third-order valence-electron chi connectivity index (χ3n) is 6.08. The van der Waals surface area contributed by atoms with Crippen molar-refractivity contribution >= 4 is 33.6 Å². The van der Waals surface area contributed by atoms with E-state index in [1.807, 2.05) is 73.7 Å². The second-order valence-electron chi connectivity index (χ2n) is 8.40. The number of hydrogen-bond acceptors (Lipinski definition) is 6. The maximum Gasteiger partial charge on any atom is 0.355 e. The van der Waals surface area contributed by atoms with Crippen molar-refractivity contribution in [3.05, 3.63) is 118 Å². The number of esters is 2. The number of halogens is 1. The van der Waals surface area contributed by atoms with Crippen molar-refractivity contribution in [2.45, 2.75) is 26.4 Å². The van der Waals surface area contributed by atoms with Gasteiger partial charge in [0.2, 0.25) is 0 Å². The van der Waals surface area contributed by atoms with Gasteiger partial charge in [0, 0.05) is 21.8 Å². The van der Waals surface area contributed by atoms with Crippen LogP contribution in [-0.2, 0) is 25.7 Å². The molecular weight excluding hydrogens is 534 g/mol. The lowest BCUT2D eigenvalue weighted by atomic mass is 9.85. The summed E-state index contributed by atoms with van der Waals surface area (Å²) in [6, 6.07) is 24.5. The van der Waals surface area contributed by atoms with Gasteiger partial charge in [-0.2, -0.15) is 0 Å². The number of ether oxygens (including phenoxy) is 3. The largest absolute Gasteiger partial charge is 0.497 e. The average Bonchev–Trinajstić information content (AvgIpc) is 2.92. The summed E-state index contributed by atoms with van der Waals surface area (Å²) in [6.07, 6.45) is 1.78. The number of allylic oxidation sites excluding steroid dienone is 2. The van der Waals surface area contributed by atoms with Gasteiger partial charge in [0.05, 0.1) is 19.3 Å². The number of carbonyl (C=O) groups excluding carboxylic acids is 2. The topological polar surface area (TPSA) is 65.1 Å².